The van der Waals surface area contributed by atoms with Gasteiger partial charge in [-0.05, 0) is 25.8 Å². The molecule has 0 radical (unpaired) electrons. The number of imide groups is 1. The maximum Gasteiger partial charge on any atom is 0.260 e. The van der Waals surface area contributed by atoms with Gasteiger partial charge in [0.05, 0.1) is 0 Å². The molecule has 4 heteroatoms. The Morgan fingerprint density at radius 1 is 1.22 bits per heavy atom. The monoisotopic (exact) mass is 247 g/mol. The molecule has 1 heterocycles. The van der Waals surface area contributed by atoms with Crippen LogP contribution in [0.1, 0.15) is 19.4 Å². The van der Waals surface area contributed by atoms with Crippen LogP contribution in [0.15, 0.2) is 30.3 Å². The van der Waals surface area contributed by atoms with Gasteiger partial charge in [0.15, 0.2) is 0 Å². The van der Waals surface area contributed by atoms with E-state index in [1.807, 2.05) is 30.3 Å². The molecule has 1 aromatic rings. The normalized spacial score (nSPS) is 19.1. The molecular formula is C14H17NO3. The van der Waals surface area contributed by atoms with Crippen LogP contribution < -0.4 is 0 Å². The summed E-state index contributed by atoms with van der Waals surface area (Å²) in [5.41, 5.74) is 0.215. The maximum atomic E-state index is 12.1. The molecule has 96 valence electrons. The highest BCUT2D eigenvalue weighted by Gasteiger charge is 2.40. The number of morpholine rings is 1. The third kappa shape index (κ3) is 2.59. The quantitative estimate of drug-likeness (QED) is 0.758. The van der Waals surface area contributed by atoms with E-state index in [0.717, 1.165) is 5.56 Å². The number of carbonyl (C=O) groups is 2. The van der Waals surface area contributed by atoms with E-state index in [0.29, 0.717) is 13.0 Å². The number of rotatable bonds is 3. The predicted molar refractivity (Wildman–Crippen MR) is 66.9 cm³/mol. The molecule has 1 fully saturated rings. The molecule has 0 bridgehead atoms. The second-order valence-corrected chi connectivity index (χ2v) is 4.89. The maximum absolute atomic E-state index is 12.1. The number of hydrogen-bond donors (Lipinski definition) is 0. The van der Waals surface area contributed by atoms with Gasteiger partial charge in [0.2, 0.25) is 0 Å². The van der Waals surface area contributed by atoms with Gasteiger partial charge in [-0.2, -0.15) is 0 Å². The minimum Gasteiger partial charge on any atom is -0.356 e. The zero-order valence-corrected chi connectivity index (χ0v) is 10.7. The Labute approximate surface area is 107 Å². The molecule has 0 spiro atoms. The van der Waals surface area contributed by atoms with Crippen molar-refractivity contribution in [3.8, 4) is 0 Å². The van der Waals surface area contributed by atoms with Crippen molar-refractivity contribution >= 4 is 11.8 Å². The van der Waals surface area contributed by atoms with Gasteiger partial charge in [0, 0.05) is 6.54 Å². The van der Waals surface area contributed by atoms with Gasteiger partial charge in [-0.1, -0.05) is 30.3 Å². The van der Waals surface area contributed by atoms with Gasteiger partial charge in [0.1, 0.15) is 12.2 Å². The Bertz CT molecular complexity index is 453. The lowest BCUT2D eigenvalue weighted by Gasteiger charge is -2.35. The predicted octanol–water partition coefficient (Wildman–Crippen LogP) is 1.39. The van der Waals surface area contributed by atoms with Crippen molar-refractivity contribution in [1.82, 2.24) is 4.90 Å². The molecule has 0 unspecified atom stereocenters. The van der Waals surface area contributed by atoms with E-state index in [-0.39, 0.29) is 18.4 Å². The van der Waals surface area contributed by atoms with E-state index in [1.165, 1.54) is 4.90 Å². The van der Waals surface area contributed by atoms with Crippen LogP contribution in [0.25, 0.3) is 0 Å². The van der Waals surface area contributed by atoms with E-state index < -0.39 is 5.60 Å². The fraction of sp³-hybridized carbons (Fsp3) is 0.429. The van der Waals surface area contributed by atoms with Gasteiger partial charge in [-0.3, -0.25) is 14.5 Å². The van der Waals surface area contributed by atoms with Crippen LogP contribution in [0.2, 0.25) is 0 Å². The molecule has 0 aliphatic carbocycles. The van der Waals surface area contributed by atoms with Gasteiger partial charge < -0.3 is 4.74 Å². The first-order valence-corrected chi connectivity index (χ1v) is 6.03. The molecule has 0 saturated carbocycles. The van der Waals surface area contributed by atoms with Crippen LogP contribution >= 0.6 is 0 Å². The molecule has 2 rings (SSSR count). The molecule has 1 aromatic carbocycles. The van der Waals surface area contributed by atoms with Crippen molar-refractivity contribution in [1.29, 1.82) is 0 Å². The van der Waals surface area contributed by atoms with Crippen molar-refractivity contribution < 1.29 is 14.3 Å². The van der Waals surface area contributed by atoms with E-state index in [9.17, 15) is 9.59 Å². The topological polar surface area (TPSA) is 46.6 Å². The summed E-state index contributed by atoms with van der Waals surface area (Å²) in [5, 5.41) is 0. The fourth-order valence-corrected chi connectivity index (χ4v) is 1.93. The minimum atomic E-state index is -0.898. The summed E-state index contributed by atoms with van der Waals surface area (Å²) in [4.78, 5) is 25.1. The third-order valence-electron chi connectivity index (χ3n) is 3.08. The molecule has 0 N–H and O–H groups in total. The van der Waals surface area contributed by atoms with Crippen molar-refractivity contribution in [2.24, 2.45) is 0 Å². The number of amides is 2. The fourth-order valence-electron chi connectivity index (χ4n) is 1.93. The smallest absolute Gasteiger partial charge is 0.260 e. The highest BCUT2D eigenvalue weighted by Crippen LogP contribution is 2.19. The van der Waals surface area contributed by atoms with E-state index in [2.05, 4.69) is 0 Å². The zero-order valence-electron chi connectivity index (χ0n) is 10.7. The molecular weight excluding hydrogens is 230 g/mol. The van der Waals surface area contributed by atoms with Crippen LogP contribution in [0.4, 0.5) is 0 Å². The molecule has 0 atom stereocenters. The summed E-state index contributed by atoms with van der Waals surface area (Å²) in [6.45, 7) is 3.77. The van der Waals surface area contributed by atoms with Crippen molar-refractivity contribution in [3.63, 3.8) is 0 Å². The summed E-state index contributed by atoms with van der Waals surface area (Å²) in [5.74, 6) is -0.509. The molecule has 1 aliphatic rings. The van der Waals surface area contributed by atoms with Crippen LogP contribution in [-0.4, -0.2) is 35.5 Å². The molecule has 1 aliphatic heterocycles. The highest BCUT2D eigenvalue weighted by molar-refractivity contribution is 6.01. The first kappa shape index (κ1) is 12.8. The van der Waals surface area contributed by atoms with Crippen molar-refractivity contribution in [2.45, 2.75) is 25.9 Å². The van der Waals surface area contributed by atoms with Crippen LogP contribution in [-0.2, 0) is 20.7 Å². The summed E-state index contributed by atoms with van der Waals surface area (Å²) in [6.07, 6.45) is 0.675. The second-order valence-electron chi connectivity index (χ2n) is 4.89. The Morgan fingerprint density at radius 3 is 2.56 bits per heavy atom. The zero-order chi connectivity index (χ0) is 13.2. The van der Waals surface area contributed by atoms with Crippen LogP contribution in [0.3, 0.4) is 0 Å². The van der Waals surface area contributed by atoms with Gasteiger partial charge in [-0.25, -0.2) is 0 Å². The first-order chi connectivity index (χ1) is 8.50. The number of hydrogen-bond acceptors (Lipinski definition) is 3. The summed E-state index contributed by atoms with van der Waals surface area (Å²) in [6, 6.07) is 9.81. The highest BCUT2D eigenvalue weighted by atomic mass is 16.5. The lowest BCUT2D eigenvalue weighted by molar-refractivity contribution is -0.176. The number of benzene rings is 1. The Hall–Kier alpha value is -1.68. The summed E-state index contributed by atoms with van der Waals surface area (Å²) >= 11 is 0. The summed E-state index contributed by atoms with van der Waals surface area (Å²) < 4.78 is 5.23. The lowest BCUT2D eigenvalue weighted by Crippen LogP contribution is -2.56. The lowest BCUT2D eigenvalue weighted by atomic mass is 10.0. The largest absolute Gasteiger partial charge is 0.356 e. The second kappa shape index (κ2) is 4.90. The molecule has 1 saturated heterocycles. The molecule has 4 nitrogen and oxygen atoms in total. The van der Waals surface area contributed by atoms with Crippen LogP contribution in [0, 0.1) is 0 Å². The molecule has 2 amide bonds. The third-order valence-corrected chi connectivity index (χ3v) is 3.08. The van der Waals surface area contributed by atoms with Crippen molar-refractivity contribution in [2.75, 3.05) is 13.2 Å². The van der Waals surface area contributed by atoms with E-state index >= 15 is 0 Å². The number of ether oxygens (including phenoxy) is 1. The Kier molecular flexibility index (Phi) is 3.48. The average molecular weight is 247 g/mol. The number of carbonyl (C=O) groups excluding carboxylic acids is 2. The van der Waals surface area contributed by atoms with Crippen molar-refractivity contribution in [3.05, 3.63) is 35.9 Å². The molecule has 0 aromatic heterocycles. The standard InChI is InChI=1S/C14H17NO3/c1-14(2)13(17)15(12(16)10-18-14)9-8-11-6-4-3-5-7-11/h3-7H,8-10H2,1-2H3. The minimum absolute atomic E-state index is 0.0203. The Morgan fingerprint density at radius 2 is 1.89 bits per heavy atom. The SMILES string of the molecule is CC1(C)OCC(=O)N(CCc2ccccc2)C1=O. The Balaban J connectivity index is 2.03. The first-order valence-electron chi connectivity index (χ1n) is 6.03. The van der Waals surface area contributed by atoms with E-state index in [1.54, 1.807) is 13.8 Å². The molecule has 18 heavy (non-hydrogen) atoms. The average Bonchev–Trinajstić information content (AvgIpc) is 2.36. The van der Waals surface area contributed by atoms with Crippen LogP contribution in [0.5, 0.6) is 0 Å². The summed E-state index contributed by atoms with van der Waals surface area (Å²) in [7, 11) is 0. The number of nitrogens with zero attached hydrogens (tertiary/aromatic N) is 1. The van der Waals surface area contributed by atoms with Gasteiger partial charge in [0.25, 0.3) is 11.8 Å². The van der Waals surface area contributed by atoms with Gasteiger partial charge >= 0.3 is 0 Å². The van der Waals surface area contributed by atoms with E-state index in [4.69, 9.17) is 4.74 Å². The van der Waals surface area contributed by atoms with Gasteiger partial charge in [-0.15, -0.1) is 0 Å².